The topological polar surface area (TPSA) is 78.9 Å². The highest BCUT2D eigenvalue weighted by atomic mass is 16.6. The van der Waals surface area contributed by atoms with Crippen molar-refractivity contribution in [3.63, 3.8) is 0 Å². The van der Waals surface area contributed by atoms with Crippen molar-refractivity contribution in [1.82, 2.24) is 0 Å². The fraction of sp³-hybridized carbons (Fsp3) is 0.638. The second-order valence-corrected chi connectivity index (χ2v) is 19.9. The second kappa shape index (κ2) is 62.1. The average molecular weight is 1040 g/mol. The Kier molecular flexibility index (Phi) is 58.4. The van der Waals surface area contributed by atoms with Gasteiger partial charge in [-0.1, -0.05) is 264 Å². The summed E-state index contributed by atoms with van der Waals surface area (Å²) in [6.07, 6.45) is 87.5. The molecule has 0 radical (unpaired) electrons. The van der Waals surface area contributed by atoms with Crippen molar-refractivity contribution >= 4 is 17.9 Å². The van der Waals surface area contributed by atoms with Gasteiger partial charge in [-0.2, -0.15) is 0 Å². The summed E-state index contributed by atoms with van der Waals surface area (Å²) in [5.41, 5.74) is 0. The zero-order chi connectivity index (χ0) is 54.3. The Bertz CT molecular complexity index is 1620. The molecular weight excluding hydrogens is 925 g/mol. The van der Waals surface area contributed by atoms with E-state index in [-0.39, 0.29) is 31.1 Å². The molecule has 75 heavy (non-hydrogen) atoms. The first kappa shape index (κ1) is 70.5. The number of hydrogen-bond donors (Lipinski definition) is 0. The molecule has 0 saturated carbocycles. The lowest BCUT2D eigenvalue weighted by Gasteiger charge is -2.18. The molecule has 0 rings (SSSR count). The van der Waals surface area contributed by atoms with Gasteiger partial charge < -0.3 is 14.2 Å². The Morgan fingerprint density at radius 1 is 0.280 bits per heavy atom. The molecule has 1 atom stereocenters. The van der Waals surface area contributed by atoms with Gasteiger partial charge in [0.2, 0.25) is 0 Å². The molecule has 6 heteroatoms. The van der Waals surface area contributed by atoms with E-state index in [4.69, 9.17) is 14.2 Å². The summed E-state index contributed by atoms with van der Waals surface area (Å²) in [7, 11) is 0. The lowest BCUT2D eigenvalue weighted by Crippen LogP contribution is -2.30. The molecule has 0 aromatic carbocycles. The zero-order valence-corrected chi connectivity index (χ0v) is 48.5. The third-order valence-corrected chi connectivity index (χ3v) is 12.6. The van der Waals surface area contributed by atoms with E-state index in [1.54, 1.807) is 0 Å². The fourth-order valence-electron chi connectivity index (χ4n) is 8.06. The van der Waals surface area contributed by atoms with Crippen LogP contribution >= 0.6 is 0 Å². The highest BCUT2D eigenvalue weighted by Gasteiger charge is 2.19. The molecule has 0 aliphatic heterocycles. The van der Waals surface area contributed by atoms with Crippen LogP contribution in [0.1, 0.15) is 265 Å². The van der Waals surface area contributed by atoms with E-state index >= 15 is 0 Å². The number of ether oxygens (including phenoxy) is 3. The van der Waals surface area contributed by atoms with E-state index in [0.717, 1.165) is 154 Å². The number of carbonyl (C=O) groups excluding carboxylic acids is 3. The summed E-state index contributed by atoms with van der Waals surface area (Å²) in [5, 5.41) is 0. The first-order chi connectivity index (χ1) is 37.0. The highest BCUT2D eigenvalue weighted by Crippen LogP contribution is 2.14. The highest BCUT2D eigenvalue weighted by molar-refractivity contribution is 5.71. The van der Waals surface area contributed by atoms with Crippen molar-refractivity contribution in [2.75, 3.05) is 13.2 Å². The van der Waals surface area contributed by atoms with Crippen LogP contribution in [0.25, 0.3) is 0 Å². The van der Waals surface area contributed by atoms with Crippen LogP contribution in [0.15, 0.2) is 134 Å². The standard InChI is InChI=1S/C69H112O6/c1-4-7-10-13-16-19-21-23-24-25-26-27-28-29-30-31-32-33-34-35-36-37-38-39-40-41-42-43-44-46-47-50-53-56-59-62-68(71)74-65-66(64-73-67(70)61-58-55-52-49-18-15-12-9-6-3)75-69(72)63-60-57-54-51-48-45-22-20-17-14-11-8-5-2/h7,10-11,14,16,19-20,22-24,26-27,29-30,32-33,35-36,38-39,41-42,66H,4-6,8-9,12-13,15,17-18,21,25,28,31,34,37,40,43-65H2,1-3H3/b10-7-,14-11-,19-16-,22-20-,24-23-,27-26-,30-29-,33-32-,36-35-,39-38-,42-41-. The van der Waals surface area contributed by atoms with Gasteiger partial charge in [0.25, 0.3) is 0 Å². The number of hydrogen-bond acceptors (Lipinski definition) is 6. The fourth-order valence-corrected chi connectivity index (χ4v) is 8.06. The lowest BCUT2D eigenvalue weighted by molar-refractivity contribution is -0.167. The number of unbranched alkanes of at least 4 members (excludes halogenated alkanes) is 21. The maximum Gasteiger partial charge on any atom is 0.306 e. The first-order valence-corrected chi connectivity index (χ1v) is 30.7. The van der Waals surface area contributed by atoms with Crippen LogP contribution in [0, 0.1) is 0 Å². The normalized spacial score (nSPS) is 13.1. The molecule has 1 unspecified atom stereocenters. The average Bonchev–Trinajstić information content (AvgIpc) is 3.41. The van der Waals surface area contributed by atoms with Gasteiger partial charge in [0.15, 0.2) is 6.10 Å². The number of esters is 3. The monoisotopic (exact) mass is 1040 g/mol. The van der Waals surface area contributed by atoms with Crippen LogP contribution in [-0.2, 0) is 28.6 Å². The summed E-state index contributed by atoms with van der Waals surface area (Å²) in [5.74, 6) is -0.919. The molecule has 0 fully saturated rings. The molecule has 0 aromatic rings. The van der Waals surface area contributed by atoms with Gasteiger partial charge in [-0.05, 0) is 116 Å². The molecule has 0 heterocycles. The summed E-state index contributed by atoms with van der Waals surface area (Å²) in [6, 6.07) is 0. The molecule has 0 aliphatic rings. The predicted octanol–water partition coefficient (Wildman–Crippen LogP) is 21.0. The Labute approximate surface area is 462 Å². The summed E-state index contributed by atoms with van der Waals surface area (Å²) in [6.45, 7) is 6.41. The minimum absolute atomic E-state index is 0.0881. The summed E-state index contributed by atoms with van der Waals surface area (Å²) in [4.78, 5) is 38.0. The molecular formula is C69H112O6. The van der Waals surface area contributed by atoms with Crippen LogP contribution in [0.2, 0.25) is 0 Å². The predicted molar refractivity (Wildman–Crippen MR) is 325 cm³/mol. The maximum atomic E-state index is 12.8. The van der Waals surface area contributed by atoms with E-state index in [1.807, 2.05) is 0 Å². The second-order valence-electron chi connectivity index (χ2n) is 19.9. The Morgan fingerprint density at radius 3 is 0.867 bits per heavy atom. The van der Waals surface area contributed by atoms with Crippen molar-refractivity contribution < 1.29 is 28.6 Å². The van der Waals surface area contributed by atoms with Crippen LogP contribution in [0.4, 0.5) is 0 Å². The van der Waals surface area contributed by atoms with Crippen molar-refractivity contribution in [2.45, 2.75) is 271 Å². The van der Waals surface area contributed by atoms with Crippen LogP contribution in [0.5, 0.6) is 0 Å². The zero-order valence-electron chi connectivity index (χ0n) is 48.5. The van der Waals surface area contributed by atoms with Gasteiger partial charge >= 0.3 is 17.9 Å². The summed E-state index contributed by atoms with van der Waals surface area (Å²) < 4.78 is 16.8. The molecule has 0 aromatic heterocycles. The maximum absolute atomic E-state index is 12.8. The van der Waals surface area contributed by atoms with Gasteiger partial charge in [-0.15, -0.1) is 0 Å². The Balaban J connectivity index is 4.18. The van der Waals surface area contributed by atoms with Crippen molar-refractivity contribution in [3.8, 4) is 0 Å². The summed E-state index contributed by atoms with van der Waals surface area (Å²) >= 11 is 0. The number of carbonyl (C=O) groups is 3. The van der Waals surface area contributed by atoms with E-state index < -0.39 is 6.10 Å². The van der Waals surface area contributed by atoms with Gasteiger partial charge in [-0.25, -0.2) is 0 Å². The molecule has 0 bridgehead atoms. The molecule has 0 N–H and O–H groups in total. The third-order valence-electron chi connectivity index (χ3n) is 12.6. The van der Waals surface area contributed by atoms with Crippen LogP contribution in [-0.4, -0.2) is 37.2 Å². The quantitative estimate of drug-likeness (QED) is 0.0261. The van der Waals surface area contributed by atoms with Crippen LogP contribution < -0.4 is 0 Å². The smallest absolute Gasteiger partial charge is 0.306 e. The molecule has 424 valence electrons. The van der Waals surface area contributed by atoms with Gasteiger partial charge in [0.1, 0.15) is 13.2 Å². The minimum Gasteiger partial charge on any atom is -0.462 e. The van der Waals surface area contributed by atoms with E-state index in [9.17, 15) is 14.4 Å². The van der Waals surface area contributed by atoms with E-state index in [1.165, 1.54) is 70.6 Å². The number of allylic oxidation sites excluding steroid dienone is 22. The Morgan fingerprint density at radius 2 is 0.547 bits per heavy atom. The van der Waals surface area contributed by atoms with Crippen molar-refractivity contribution in [2.24, 2.45) is 0 Å². The third kappa shape index (κ3) is 60.3. The Hall–Kier alpha value is -4.45. The molecule has 6 nitrogen and oxygen atoms in total. The van der Waals surface area contributed by atoms with Gasteiger partial charge in [0.05, 0.1) is 0 Å². The molecule has 0 amide bonds. The largest absolute Gasteiger partial charge is 0.462 e. The minimum atomic E-state index is -0.790. The molecule has 0 spiro atoms. The van der Waals surface area contributed by atoms with Crippen molar-refractivity contribution in [1.29, 1.82) is 0 Å². The molecule has 0 saturated heterocycles. The van der Waals surface area contributed by atoms with Crippen LogP contribution in [0.3, 0.4) is 0 Å². The van der Waals surface area contributed by atoms with Crippen molar-refractivity contribution in [3.05, 3.63) is 134 Å². The SMILES string of the molecule is CC/C=C\C/C=C\C/C=C\C/C=C\C/C=C\C/C=C\C/C=C\C/C=C\C/C=C\CCCCCCCCCC(=O)OCC(COC(=O)CCCCCCCCCCC)OC(=O)CCCCCCC/C=C\C/C=C\CCC. The van der Waals surface area contributed by atoms with Gasteiger partial charge in [0, 0.05) is 19.3 Å². The number of rotatable bonds is 54. The first-order valence-electron chi connectivity index (χ1n) is 30.7. The van der Waals surface area contributed by atoms with E-state index in [0.29, 0.717) is 19.3 Å². The van der Waals surface area contributed by atoms with E-state index in [2.05, 4.69) is 154 Å². The lowest BCUT2D eigenvalue weighted by atomic mass is 10.1. The van der Waals surface area contributed by atoms with Gasteiger partial charge in [-0.3, -0.25) is 14.4 Å². The molecule has 0 aliphatic carbocycles.